The molecule has 104 valence electrons. The monoisotopic (exact) mass is 270 g/mol. The number of hydrogen-bond donors (Lipinski definition) is 1. The number of aromatic nitrogens is 1. The van der Waals surface area contributed by atoms with E-state index in [2.05, 4.69) is 11.1 Å². The number of nitrogens with one attached hydrogen (secondary N) is 1. The van der Waals surface area contributed by atoms with Crippen LogP contribution in [0, 0.1) is 0 Å². The molecule has 4 heteroatoms. The minimum absolute atomic E-state index is 0.315. The maximum Gasteiger partial charge on any atom is 0.414 e. The van der Waals surface area contributed by atoms with Gasteiger partial charge < -0.3 is 9.72 Å². The zero-order valence-electron chi connectivity index (χ0n) is 11.9. The molecule has 0 saturated heterocycles. The van der Waals surface area contributed by atoms with Crippen LogP contribution < -0.4 is 0 Å². The molecular weight excluding hydrogens is 252 g/mol. The Morgan fingerprint density at radius 3 is 2.80 bits per heavy atom. The topological polar surface area (TPSA) is 45.3 Å². The number of carbonyl (C=O) groups is 1. The van der Waals surface area contributed by atoms with Crippen molar-refractivity contribution in [2.24, 2.45) is 0 Å². The van der Waals surface area contributed by atoms with Crippen molar-refractivity contribution in [3.63, 3.8) is 0 Å². The zero-order chi connectivity index (χ0) is 14.3. The summed E-state index contributed by atoms with van der Waals surface area (Å²) in [6.45, 7) is 6.14. The Morgan fingerprint density at radius 2 is 2.05 bits per heavy atom. The minimum atomic E-state index is -0.481. The standard InChI is InChI=1S/C16H18N2O2/c1-16(2,3)20-15(19)18-9-8-14-12(10-18)11-6-4-5-7-13(11)17-14/h4-9,17H,10H2,1-3H3. The summed E-state index contributed by atoms with van der Waals surface area (Å²) in [4.78, 5) is 17.1. The van der Waals surface area contributed by atoms with Gasteiger partial charge in [0.2, 0.25) is 0 Å². The SMILES string of the molecule is CC(C)(C)OC(=O)N1C=Cc2[nH]c3ccccc3c2C1. The Kier molecular flexibility index (Phi) is 2.82. The average molecular weight is 270 g/mol. The lowest BCUT2D eigenvalue weighted by Gasteiger charge is -2.26. The quantitative estimate of drug-likeness (QED) is 0.789. The third kappa shape index (κ3) is 2.29. The van der Waals surface area contributed by atoms with Gasteiger partial charge in [-0.05, 0) is 32.9 Å². The molecule has 0 fully saturated rings. The van der Waals surface area contributed by atoms with Gasteiger partial charge in [0.05, 0.1) is 6.54 Å². The van der Waals surface area contributed by atoms with Gasteiger partial charge >= 0.3 is 6.09 Å². The van der Waals surface area contributed by atoms with E-state index in [-0.39, 0.29) is 6.09 Å². The maximum atomic E-state index is 12.1. The lowest BCUT2D eigenvalue weighted by Crippen LogP contribution is -2.34. The maximum absolute atomic E-state index is 12.1. The van der Waals surface area contributed by atoms with E-state index in [0.717, 1.165) is 22.2 Å². The van der Waals surface area contributed by atoms with E-state index in [1.807, 2.05) is 45.0 Å². The number of H-pyrrole nitrogens is 1. The fourth-order valence-corrected chi connectivity index (χ4v) is 2.37. The molecule has 1 aromatic heterocycles. The highest BCUT2D eigenvalue weighted by Crippen LogP contribution is 2.28. The van der Waals surface area contributed by atoms with Gasteiger partial charge in [0.1, 0.15) is 5.60 Å². The Labute approximate surface area is 118 Å². The van der Waals surface area contributed by atoms with Gasteiger partial charge in [-0.1, -0.05) is 18.2 Å². The van der Waals surface area contributed by atoms with Gasteiger partial charge in [-0.3, -0.25) is 4.90 Å². The van der Waals surface area contributed by atoms with E-state index >= 15 is 0 Å². The van der Waals surface area contributed by atoms with Crippen LogP contribution in [0.15, 0.2) is 30.5 Å². The van der Waals surface area contributed by atoms with E-state index in [0.29, 0.717) is 6.54 Å². The molecule has 3 rings (SSSR count). The molecule has 1 amide bonds. The second-order valence-corrected chi connectivity index (χ2v) is 5.99. The van der Waals surface area contributed by atoms with Crippen LogP contribution in [-0.2, 0) is 11.3 Å². The molecule has 1 aliphatic heterocycles. The first-order chi connectivity index (χ1) is 9.44. The number of amides is 1. The molecule has 1 aliphatic rings. The molecule has 0 radical (unpaired) electrons. The highest BCUT2D eigenvalue weighted by Gasteiger charge is 2.24. The third-order valence-electron chi connectivity index (χ3n) is 3.22. The molecule has 2 heterocycles. The largest absolute Gasteiger partial charge is 0.443 e. The van der Waals surface area contributed by atoms with Crippen molar-refractivity contribution in [1.82, 2.24) is 9.88 Å². The van der Waals surface area contributed by atoms with Crippen molar-refractivity contribution in [1.29, 1.82) is 0 Å². The van der Waals surface area contributed by atoms with Crippen LogP contribution in [0.2, 0.25) is 0 Å². The van der Waals surface area contributed by atoms with Crippen LogP contribution in [0.4, 0.5) is 4.79 Å². The summed E-state index contributed by atoms with van der Waals surface area (Å²) in [6.07, 6.45) is 3.37. The predicted molar refractivity (Wildman–Crippen MR) is 79.1 cm³/mol. The van der Waals surface area contributed by atoms with Crippen molar-refractivity contribution in [3.8, 4) is 0 Å². The Balaban J connectivity index is 1.90. The molecule has 0 aliphatic carbocycles. The summed E-state index contributed by atoms with van der Waals surface area (Å²) in [5, 5.41) is 1.15. The van der Waals surface area contributed by atoms with Crippen molar-refractivity contribution < 1.29 is 9.53 Å². The number of hydrogen-bond acceptors (Lipinski definition) is 2. The third-order valence-corrected chi connectivity index (χ3v) is 3.22. The molecule has 0 unspecified atom stereocenters. The number of nitrogens with zero attached hydrogens (tertiary/aromatic N) is 1. The van der Waals surface area contributed by atoms with Crippen LogP contribution in [-0.4, -0.2) is 21.6 Å². The van der Waals surface area contributed by atoms with Crippen LogP contribution in [0.3, 0.4) is 0 Å². The molecule has 0 spiro atoms. The zero-order valence-corrected chi connectivity index (χ0v) is 11.9. The van der Waals surface area contributed by atoms with Crippen molar-refractivity contribution in [3.05, 3.63) is 41.7 Å². The number of benzene rings is 1. The molecular formula is C16H18N2O2. The fraction of sp³-hybridized carbons (Fsp3) is 0.312. The Hall–Kier alpha value is -2.23. The number of fused-ring (bicyclic) bond motifs is 3. The number of para-hydroxylation sites is 1. The molecule has 0 bridgehead atoms. The molecule has 0 saturated carbocycles. The Bertz CT molecular complexity index is 692. The van der Waals surface area contributed by atoms with E-state index in [1.165, 1.54) is 0 Å². The number of carbonyl (C=O) groups excluding carboxylic acids is 1. The summed E-state index contributed by atoms with van der Waals surface area (Å²) in [5.41, 5.74) is 2.80. The number of aromatic amines is 1. The van der Waals surface area contributed by atoms with Gasteiger partial charge in [-0.2, -0.15) is 0 Å². The predicted octanol–water partition coefficient (Wildman–Crippen LogP) is 3.89. The lowest BCUT2D eigenvalue weighted by molar-refractivity contribution is 0.0323. The van der Waals surface area contributed by atoms with E-state index in [9.17, 15) is 4.79 Å². The second kappa shape index (κ2) is 4.40. The number of rotatable bonds is 0. The highest BCUT2D eigenvalue weighted by atomic mass is 16.6. The highest BCUT2D eigenvalue weighted by molar-refractivity contribution is 5.88. The van der Waals surface area contributed by atoms with Crippen LogP contribution in [0.5, 0.6) is 0 Å². The van der Waals surface area contributed by atoms with Crippen molar-refractivity contribution in [2.45, 2.75) is 32.9 Å². The van der Waals surface area contributed by atoms with Gasteiger partial charge in [0.25, 0.3) is 0 Å². The average Bonchev–Trinajstić information content (AvgIpc) is 2.74. The summed E-state index contributed by atoms with van der Waals surface area (Å²) >= 11 is 0. The molecule has 2 aromatic rings. The van der Waals surface area contributed by atoms with E-state index < -0.39 is 5.60 Å². The molecule has 1 aromatic carbocycles. The molecule has 4 nitrogen and oxygen atoms in total. The minimum Gasteiger partial charge on any atom is -0.443 e. The van der Waals surface area contributed by atoms with Gasteiger partial charge in [-0.15, -0.1) is 0 Å². The van der Waals surface area contributed by atoms with E-state index in [4.69, 9.17) is 4.74 Å². The summed E-state index contributed by atoms with van der Waals surface area (Å²) in [6, 6.07) is 8.11. The van der Waals surface area contributed by atoms with Gasteiger partial charge in [-0.25, -0.2) is 4.79 Å². The van der Waals surface area contributed by atoms with Crippen LogP contribution >= 0.6 is 0 Å². The van der Waals surface area contributed by atoms with Crippen LogP contribution in [0.1, 0.15) is 32.0 Å². The first kappa shape index (κ1) is 12.8. The first-order valence-corrected chi connectivity index (χ1v) is 6.71. The van der Waals surface area contributed by atoms with E-state index in [1.54, 1.807) is 11.1 Å². The molecule has 20 heavy (non-hydrogen) atoms. The molecule has 0 atom stereocenters. The smallest absolute Gasteiger partial charge is 0.414 e. The normalized spacial score (nSPS) is 14.4. The summed E-state index contributed by atoms with van der Waals surface area (Å²) < 4.78 is 5.41. The first-order valence-electron chi connectivity index (χ1n) is 6.71. The summed E-state index contributed by atoms with van der Waals surface area (Å²) in [5.74, 6) is 0. The van der Waals surface area contributed by atoms with Gasteiger partial charge in [0, 0.05) is 28.4 Å². The van der Waals surface area contributed by atoms with Crippen LogP contribution in [0.25, 0.3) is 17.0 Å². The van der Waals surface area contributed by atoms with Gasteiger partial charge in [0.15, 0.2) is 0 Å². The van der Waals surface area contributed by atoms with Crippen molar-refractivity contribution >= 4 is 23.1 Å². The lowest BCUT2D eigenvalue weighted by atomic mass is 10.1. The Morgan fingerprint density at radius 1 is 1.30 bits per heavy atom. The summed E-state index contributed by atoms with van der Waals surface area (Å²) in [7, 11) is 0. The number of ether oxygens (including phenoxy) is 1. The van der Waals surface area contributed by atoms with Crippen molar-refractivity contribution in [2.75, 3.05) is 0 Å². The molecule has 1 N–H and O–H groups in total. The fourth-order valence-electron chi connectivity index (χ4n) is 2.37. The second-order valence-electron chi connectivity index (χ2n) is 5.99.